The molecule has 0 aliphatic rings. The summed E-state index contributed by atoms with van der Waals surface area (Å²) in [4.78, 5) is 13.5. The molecule has 3 aromatic rings. The van der Waals surface area contributed by atoms with Gasteiger partial charge in [0, 0.05) is 0 Å². The van der Waals surface area contributed by atoms with Crippen molar-refractivity contribution in [3.8, 4) is 0 Å². The number of hydrogen-bond acceptors (Lipinski definition) is 2. The van der Waals surface area contributed by atoms with Gasteiger partial charge in [-0.1, -0.05) is 28.1 Å². The number of nitrogens with one attached hydrogen (secondary N) is 1. The molecule has 6 heteroatoms. The minimum atomic E-state index is -0.488. The maximum absolute atomic E-state index is 13.6. The second-order valence-corrected chi connectivity index (χ2v) is 6.08. The Balaban J connectivity index is 2.04. The number of benzene rings is 2. The molecule has 3 nitrogen and oxygen atoms in total. The number of oxazole rings is 1. The second kappa shape index (κ2) is 5.18. The van der Waals surface area contributed by atoms with Crippen molar-refractivity contribution in [2.45, 2.75) is 4.83 Å². The number of fused-ring (bicyclic) bond motifs is 1. The van der Waals surface area contributed by atoms with Crippen LogP contribution in [0, 0.1) is 5.82 Å². The molecule has 0 aliphatic carbocycles. The predicted octanol–water partition coefficient (Wildman–Crippen LogP) is 4.51. The van der Waals surface area contributed by atoms with E-state index in [-0.39, 0.29) is 10.6 Å². The monoisotopic (exact) mass is 399 g/mol. The number of rotatable bonds is 2. The van der Waals surface area contributed by atoms with Gasteiger partial charge in [0.05, 0.1) is 14.8 Å². The lowest BCUT2D eigenvalue weighted by molar-refractivity contribution is 0.555. The maximum atomic E-state index is 13.6. The van der Waals surface area contributed by atoms with Crippen molar-refractivity contribution in [1.82, 2.24) is 4.98 Å². The zero-order valence-corrected chi connectivity index (χ0v) is 13.2. The zero-order chi connectivity index (χ0) is 14.3. The standard InChI is InChI=1S/C14H8Br2FNO2/c15-9-3-1-7(5-10(9)17)13(16)8-2-4-11-12(6-8)20-14(19)18-11/h1-6,13H,(H,18,19). The highest BCUT2D eigenvalue weighted by Gasteiger charge is 2.14. The molecule has 1 atom stereocenters. The summed E-state index contributed by atoms with van der Waals surface area (Å²) in [6, 6.07) is 10.3. The Morgan fingerprint density at radius 1 is 1.15 bits per heavy atom. The first-order chi connectivity index (χ1) is 9.54. The number of aromatic amines is 1. The van der Waals surface area contributed by atoms with Gasteiger partial charge in [-0.25, -0.2) is 9.18 Å². The summed E-state index contributed by atoms with van der Waals surface area (Å²) in [5.74, 6) is -0.806. The van der Waals surface area contributed by atoms with Gasteiger partial charge in [0.1, 0.15) is 5.82 Å². The molecule has 20 heavy (non-hydrogen) atoms. The van der Waals surface area contributed by atoms with Gasteiger partial charge in [-0.05, 0) is 51.3 Å². The van der Waals surface area contributed by atoms with Crippen molar-refractivity contribution in [3.63, 3.8) is 0 Å². The largest absolute Gasteiger partial charge is 0.417 e. The third-order valence-electron chi connectivity index (χ3n) is 2.97. The highest BCUT2D eigenvalue weighted by atomic mass is 79.9. The van der Waals surface area contributed by atoms with Gasteiger partial charge >= 0.3 is 5.76 Å². The fraction of sp³-hybridized carbons (Fsp3) is 0.0714. The molecule has 0 fully saturated rings. The number of halogens is 3. The summed E-state index contributed by atoms with van der Waals surface area (Å²) in [6.07, 6.45) is 0. The molecular weight excluding hydrogens is 393 g/mol. The van der Waals surface area contributed by atoms with E-state index in [2.05, 4.69) is 36.8 Å². The summed E-state index contributed by atoms with van der Waals surface area (Å²) in [6.45, 7) is 0. The Kier molecular flexibility index (Phi) is 3.52. The van der Waals surface area contributed by atoms with Crippen LogP contribution in [0.15, 0.2) is 50.1 Å². The first kappa shape index (κ1) is 13.6. The fourth-order valence-electron chi connectivity index (χ4n) is 1.98. The molecule has 0 radical (unpaired) electrons. The SMILES string of the molecule is O=c1[nH]c2ccc(C(Br)c3ccc(Br)c(F)c3)cc2o1. The lowest BCUT2D eigenvalue weighted by atomic mass is 10.0. The van der Waals surface area contributed by atoms with E-state index in [9.17, 15) is 9.18 Å². The molecule has 1 heterocycles. The van der Waals surface area contributed by atoms with Crippen LogP contribution in [0.5, 0.6) is 0 Å². The summed E-state index contributed by atoms with van der Waals surface area (Å²) < 4.78 is 19.0. The van der Waals surface area contributed by atoms with Gasteiger partial charge in [-0.2, -0.15) is 0 Å². The molecule has 0 aliphatic heterocycles. The van der Waals surface area contributed by atoms with Crippen LogP contribution in [0.3, 0.4) is 0 Å². The molecule has 102 valence electrons. The zero-order valence-electron chi connectivity index (χ0n) is 9.99. The van der Waals surface area contributed by atoms with Gasteiger partial charge in [-0.3, -0.25) is 4.98 Å². The molecule has 1 N–H and O–H groups in total. The van der Waals surface area contributed by atoms with Crippen molar-refractivity contribution in [2.75, 3.05) is 0 Å². The average molecular weight is 401 g/mol. The van der Waals surface area contributed by atoms with E-state index >= 15 is 0 Å². The predicted molar refractivity (Wildman–Crippen MR) is 81.7 cm³/mol. The number of hydrogen-bond donors (Lipinski definition) is 1. The molecule has 0 saturated heterocycles. The maximum Gasteiger partial charge on any atom is 0.417 e. The minimum absolute atomic E-state index is 0.185. The Morgan fingerprint density at radius 2 is 1.85 bits per heavy atom. The van der Waals surface area contributed by atoms with Crippen molar-refractivity contribution >= 4 is 43.0 Å². The molecule has 0 spiro atoms. The third-order valence-corrected chi connectivity index (χ3v) is 4.67. The number of H-pyrrole nitrogens is 1. The first-order valence-corrected chi connectivity index (χ1v) is 7.47. The van der Waals surface area contributed by atoms with Crippen molar-refractivity contribution in [1.29, 1.82) is 0 Å². The van der Waals surface area contributed by atoms with Crippen LogP contribution in [0.4, 0.5) is 4.39 Å². The van der Waals surface area contributed by atoms with Gasteiger partial charge in [0.25, 0.3) is 0 Å². The normalized spacial score (nSPS) is 12.8. The third kappa shape index (κ3) is 2.45. The van der Waals surface area contributed by atoms with Gasteiger partial charge in [0.2, 0.25) is 0 Å². The van der Waals surface area contributed by atoms with E-state index in [1.54, 1.807) is 18.2 Å². The van der Waals surface area contributed by atoms with E-state index < -0.39 is 5.76 Å². The molecule has 0 amide bonds. The minimum Gasteiger partial charge on any atom is -0.408 e. The van der Waals surface area contributed by atoms with E-state index in [4.69, 9.17) is 4.42 Å². The molecule has 3 rings (SSSR count). The van der Waals surface area contributed by atoms with Gasteiger partial charge in [0.15, 0.2) is 5.58 Å². The lowest BCUT2D eigenvalue weighted by Crippen LogP contribution is -1.94. The Bertz CT molecular complexity index is 841. The van der Waals surface area contributed by atoms with Crippen molar-refractivity contribution < 1.29 is 8.81 Å². The molecule has 1 aromatic heterocycles. The number of alkyl halides is 1. The van der Waals surface area contributed by atoms with Crippen LogP contribution in [0.2, 0.25) is 0 Å². The quantitative estimate of drug-likeness (QED) is 0.643. The fourth-order valence-corrected chi connectivity index (χ4v) is 2.80. The Morgan fingerprint density at radius 3 is 2.60 bits per heavy atom. The van der Waals surface area contributed by atoms with E-state index in [0.717, 1.165) is 11.1 Å². The molecule has 1 unspecified atom stereocenters. The lowest BCUT2D eigenvalue weighted by Gasteiger charge is -2.11. The van der Waals surface area contributed by atoms with Crippen molar-refractivity contribution in [3.05, 3.63) is 68.4 Å². The van der Waals surface area contributed by atoms with E-state index in [0.29, 0.717) is 15.6 Å². The van der Waals surface area contributed by atoms with Crippen LogP contribution >= 0.6 is 31.9 Å². The molecule has 0 bridgehead atoms. The Labute approximate surface area is 130 Å². The van der Waals surface area contributed by atoms with Crippen LogP contribution in [-0.4, -0.2) is 4.98 Å². The van der Waals surface area contributed by atoms with Gasteiger partial charge < -0.3 is 4.42 Å². The van der Waals surface area contributed by atoms with Crippen LogP contribution in [0.25, 0.3) is 11.1 Å². The first-order valence-electron chi connectivity index (χ1n) is 5.76. The Hall–Kier alpha value is -1.40. The summed E-state index contributed by atoms with van der Waals surface area (Å²) >= 11 is 6.66. The molecule has 0 saturated carbocycles. The molecular formula is C14H8Br2FNO2. The molecule has 2 aromatic carbocycles. The van der Waals surface area contributed by atoms with E-state index in [1.165, 1.54) is 6.07 Å². The summed E-state index contributed by atoms with van der Waals surface area (Å²) in [5, 5.41) is 0. The average Bonchev–Trinajstić information content (AvgIpc) is 2.80. The highest BCUT2D eigenvalue weighted by molar-refractivity contribution is 9.10. The van der Waals surface area contributed by atoms with Crippen LogP contribution < -0.4 is 5.76 Å². The topological polar surface area (TPSA) is 46.0 Å². The van der Waals surface area contributed by atoms with E-state index in [1.807, 2.05) is 12.1 Å². The number of aromatic nitrogens is 1. The van der Waals surface area contributed by atoms with Crippen LogP contribution in [-0.2, 0) is 0 Å². The summed E-state index contributed by atoms with van der Waals surface area (Å²) in [5.41, 5.74) is 2.78. The smallest absolute Gasteiger partial charge is 0.408 e. The summed E-state index contributed by atoms with van der Waals surface area (Å²) in [7, 11) is 0. The van der Waals surface area contributed by atoms with Gasteiger partial charge in [-0.15, -0.1) is 0 Å². The second-order valence-electron chi connectivity index (χ2n) is 4.31. The van der Waals surface area contributed by atoms with Crippen LogP contribution in [0.1, 0.15) is 16.0 Å². The highest BCUT2D eigenvalue weighted by Crippen LogP contribution is 2.33. The van der Waals surface area contributed by atoms with Crippen molar-refractivity contribution in [2.24, 2.45) is 0 Å².